The van der Waals surface area contributed by atoms with E-state index in [9.17, 15) is 39.3 Å². The molecule has 0 spiro atoms. The first-order valence-corrected chi connectivity index (χ1v) is 20.5. The van der Waals surface area contributed by atoms with Gasteiger partial charge in [-0.2, -0.15) is 0 Å². The standard InChI is InChI=1S/C43H53NO15S/c1-21-26(57-37(51)31(48)30(25-16-13-17-54-25)44-38(52)60-39(4,5)6)19-43(53)35(58-36(50)24-14-11-10-12-15-24)33-41(9,27(47)18-28-42(33,20-55-28)59-23(3)46)34(49)32(56-22(2)45)29(21)40(43,7)8/h10-17,26-28,30-33,35,47-48,53H,18-20H2,1-9H3,(H,44,52)/t26-,27-,28+,30-,31+,32+,33-,35-,41+,42-,43+/m0/s1. The molecule has 4 N–H and O–H groups in total. The first kappa shape index (κ1) is 45.0. The molecule has 2 aromatic rings. The molecule has 2 heterocycles. The lowest BCUT2D eigenvalue weighted by Crippen LogP contribution is -2.82. The van der Waals surface area contributed by atoms with Crippen LogP contribution in [0.2, 0.25) is 0 Å². The third kappa shape index (κ3) is 7.67. The molecule has 16 nitrogen and oxygen atoms in total. The number of hydrogen-bond acceptors (Lipinski definition) is 16. The van der Waals surface area contributed by atoms with Gasteiger partial charge < -0.3 is 48.7 Å². The van der Waals surface area contributed by atoms with Gasteiger partial charge in [-0.15, -0.1) is 0 Å². The number of ether oxygens (including phenoxy) is 5. The van der Waals surface area contributed by atoms with E-state index in [0.717, 1.165) is 25.6 Å². The van der Waals surface area contributed by atoms with Crippen molar-refractivity contribution in [3.63, 3.8) is 0 Å². The molecule has 60 heavy (non-hydrogen) atoms. The second-order valence-electron chi connectivity index (χ2n) is 17.8. The third-order valence-electron chi connectivity index (χ3n) is 12.5. The number of carbonyl (C=O) groups is 6. The molecule has 1 saturated heterocycles. The summed E-state index contributed by atoms with van der Waals surface area (Å²) in [5.74, 6) is -6.27. The quantitative estimate of drug-likeness (QED) is 0.158. The number of rotatable bonds is 9. The van der Waals surface area contributed by atoms with Crippen LogP contribution >= 0.6 is 11.8 Å². The van der Waals surface area contributed by atoms with Gasteiger partial charge in [0.2, 0.25) is 0 Å². The van der Waals surface area contributed by atoms with Gasteiger partial charge >= 0.3 is 23.9 Å². The smallest absolute Gasteiger partial charge is 0.338 e. The Labute approximate surface area is 351 Å². The number of nitrogens with one attached hydrogen (secondary N) is 1. The molecule has 6 rings (SSSR count). The number of carbonyl (C=O) groups excluding carboxylic acids is 6. The Bertz CT molecular complexity index is 2060. The molecule has 2 bridgehead atoms. The number of aliphatic hydroxyl groups excluding tert-OH is 2. The maximum Gasteiger partial charge on any atom is 0.338 e. The van der Waals surface area contributed by atoms with Crippen LogP contribution in [0.25, 0.3) is 0 Å². The molecule has 17 heteroatoms. The highest BCUT2D eigenvalue weighted by Gasteiger charge is 2.78. The molecule has 326 valence electrons. The number of hydrogen-bond donors (Lipinski definition) is 4. The Kier molecular flexibility index (Phi) is 12.0. The van der Waals surface area contributed by atoms with Crippen LogP contribution in [-0.2, 0) is 42.9 Å². The zero-order chi connectivity index (χ0) is 44.3. The van der Waals surface area contributed by atoms with E-state index in [1.807, 2.05) is 0 Å². The van der Waals surface area contributed by atoms with Crippen LogP contribution in [0.5, 0.6) is 0 Å². The third-order valence-corrected chi connectivity index (χ3v) is 13.4. The van der Waals surface area contributed by atoms with E-state index in [0.29, 0.717) is 0 Å². The lowest BCUT2D eigenvalue weighted by atomic mass is 9.44. The van der Waals surface area contributed by atoms with E-state index in [1.54, 1.807) is 52.8 Å². The topological polar surface area (TPSA) is 234 Å². The minimum atomic E-state index is -2.39. The van der Waals surface area contributed by atoms with Gasteiger partial charge in [0.05, 0.1) is 35.9 Å². The molecule has 2 saturated carbocycles. The number of amides is 1. The summed E-state index contributed by atoms with van der Waals surface area (Å²) >= 11 is 0.920. The fourth-order valence-electron chi connectivity index (χ4n) is 9.57. The van der Waals surface area contributed by atoms with Crippen LogP contribution in [0.3, 0.4) is 0 Å². The molecular formula is C43H53NO15S. The first-order valence-electron chi connectivity index (χ1n) is 19.7. The van der Waals surface area contributed by atoms with Crippen molar-refractivity contribution in [3.05, 3.63) is 71.2 Å². The van der Waals surface area contributed by atoms with Crippen molar-refractivity contribution in [2.24, 2.45) is 16.7 Å². The van der Waals surface area contributed by atoms with Gasteiger partial charge in [0, 0.05) is 36.9 Å². The number of ketones is 1. The molecule has 1 amide bonds. The maximum atomic E-state index is 15.4. The highest BCUT2D eigenvalue weighted by Crippen LogP contribution is 2.64. The lowest BCUT2D eigenvalue weighted by Gasteiger charge is -2.67. The van der Waals surface area contributed by atoms with E-state index in [1.165, 1.54) is 44.4 Å². The second kappa shape index (κ2) is 16.0. The minimum absolute atomic E-state index is 0.0117. The number of Topliss-reactive ketones (excluding diaryl/α,β-unsaturated/α-hetero) is 1. The van der Waals surface area contributed by atoms with E-state index >= 15 is 4.79 Å². The van der Waals surface area contributed by atoms with Crippen molar-refractivity contribution in [2.45, 2.75) is 134 Å². The zero-order valence-corrected chi connectivity index (χ0v) is 35.8. The van der Waals surface area contributed by atoms with E-state index < -0.39 is 117 Å². The molecular weight excluding hydrogens is 803 g/mol. The van der Waals surface area contributed by atoms with Crippen molar-refractivity contribution < 1.29 is 72.2 Å². The van der Waals surface area contributed by atoms with Gasteiger partial charge in [-0.1, -0.05) is 64.6 Å². The van der Waals surface area contributed by atoms with Crippen LogP contribution in [-0.4, -0.2) is 109 Å². The molecule has 0 unspecified atom stereocenters. The summed E-state index contributed by atoms with van der Waals surface area (Å²) < 4.78 is 35.1. The largest absolute Gasteiger partial charge is 0.467 e. The van der Waals surface area contributed by atoms with Gasteiger partial charge in [-0.05, 0) is 49.3 Å². The molecule has 0 radical (unpaired) electrons. The predicted molar refractivity (Wildman–Crippen MR) is 212 cm³/mol. The zero-order valence-electron chi connectivity index (χ0n) is 35.0. The Morgan fingerprint density at radius 2 is 1.63 bits per heavy atom. The highest BCUT2D eigenvalue weighted by molar-refractivity contribution is 8.14. The molecule has 1 aliphatic heterocycles. The van der Waals surface area contributed by atoms with Gasteiger partial charge in [0.1, 0.15) is 35.7 Å². The number of furan rings is 1. The molecule has 1 aromatic carbocycles. The average molecular weight is 856 g/mol. The Morgan fingerprint density at radius 3 is 2.18 bits per heavy atom. The summed E-state index contributed by atoms with van der Waals surface area (Å²) in [7, 11) is 0. The van der Waals surface area contributed by atoms with E-state index in [4.69, 9.17) is 28.1 Å². The van der Waals surface area contributed by atoms with Gasteiger partial charge in [-0.25, -0.2) is 9.59 Å². The molecule has 3 aliphatic carbocycles. The number of benzene rings is 1. The predicted octanol–water partition coefficient (Wildman–Crippen LogP) is 4.14. The van der Waals surface area contributed by atoms with Gasteiger partial charge in [-0.3, -0.25) is 19.2 Å². The fourth-order valence-corrected chi connectivity index (χ4v) is 10.3. The first-order chi connectivity index (χ1) is 27.9. The van der Waals surface area contributed by atoms with Crippen molar-refractivity contribution >= 4 is 46.7 Å². The fraction of sp³-hybridized carbons (Fsp3) is 0.581. The van der Waals surface area contributed by atoms with Crippen LogP contribution in [0, 0.1) is 16.7 Å². The van der Waals surface area contributed by atoms with Crippen molar-refractivity contribution in [2.75, 3.05) is 6.61 Å². The normalized spacial score (nSPS) is 33.0. The van der Waals surface area contributed by atoms with Crippen molar-refractivity contribution in [1.82, 2.24) is 5.32 Å². The summed E-state index contributed by atoms with van der Waals surface area (Å²) in [6, 6.07) is 9.34. The Morgan fingerprint density at radius 1 is 0.967 bits per heavy atom. The number of thioether (sulfide) groups is 1. The summed E-state index contributed by atoms with van der Waals surface area (Å²) in [4.78, 5) is 82.7. The van der Waals surface area contributed by atoms with E-state index in [2.05, 4.69) is 5.32 Å². The van der Waals surface area contributed by atoms with Crippen molar-refractivity contribution in [3.8, 4) is 0 Å². The molecule has 1 aromatic heterocycles. The lowest BCUT2D eigenvalue weighted by molar-refractivity contribution is -0.346. The summed E-state index contributed by atoms with van der Waals surface area (Å²) in [5.41, 5.74) is -7.67. The second-order valence-corrected chi connectivity index (χ2v) is 19.6. The Balaban J connectivity index is 1.54. The Hall–Kier alpha value is -4.55. The summed E-state index contributed by atoms with van der Waals surface area (Å²) in [6.45, 7) is 13.3. The number of fused-ring (bicyclic) bond motifs is 5. The molecule has 3 fully saturated rings. The minimum Gasteiger partial charge on any atom is -0.467 e. The van der Waals surface area contributed by atoms with Crippen LogP contribution in [0.1, 0.15) is 97.3 Å². The van der Waals surface area contributed by atoms with Crippen LogP contribution in [0.4, 0.5) is 4.79 Å². The summed E-state index contributed by atoms with van der Waals surface area (Å²) in [5, 5.41) is 39.3. The van der Waals surface area contributed by atoms with Crippen LogP contribution < -0.4 is 5.32 Å². The molecule has 11 atom stereocenters. The average Bonchev–Trinajstić information content (AvgIpc) is 3.69. The maximum absolute atomic E-state index is 15.4. The van der Waals surface area contributed by atoms with Gasteiger partial charge in [0.15, 0.2) is 23.6 Å². The van der Waals surface area contributed by atoms with E-state index in [-0.39, 0.29) is 35.5 Å². The van der Waals surface area contributed by atoms with Crippen molar-refractivity contribution in [1.29, 1.82) is 0 Å². The van der Waals surface area contributed by atoms with Crippen LogP contribution in [0.15, 0.2) is 64.3 Å². The molecule has 4 aliphatic rings. The number of esters is 4. The monoisotopic (exact) mass is 855 g/mol. The SMILES string of the molecule is CC(=O)O[C@H]1C(=O)[C@@]2(C)[C@H]([C@H](OC(=O)c3ccccc3)[C@]3(O)C[C@H](OC(=O)[C@H](O)[C@@H](NC(=O)SC(C)(C)C)c4ccco4)C(C)=C1C3(C)C)[C@]1(OC(C)=O)CO[C@@H]1C[C@@H]2O. The highest BCUT2D eigenvalue weighted by atomic mass is 32.2. The number of aliphatic hydroxyl groups is 3. The van der Waals surface area contributed by atoms with Gasteiger partial charge in [0.25, 0.3) is 5.24 Å². The summed E-state index contributed by atoms with van der Waals surface area (Å²) in [6.07, 6.45) is -9.29.